The molecule has 0 saturated carbocycles. The molecular weight excluding hydrogens is 365 g/mol. The second kappa shape index (κ2) is 5.99. The lowest BCUT2D eigenvalue weighted by Crippen LogP contribution is -2.34. The number of amides is 1. The van der Waals surface area contributed by atoms with Crippen LogP contribution in [-0.4, -0.2) is 43.5 Å². The number of benzene rings is 1. The van der Waals surface area contributed by atoms with Crippen molar-refractivity contribution in [3.8, 4) is 0 Å². The number of nitrogens with one attached hydrogen (secondary N) is 2. The molecule has 1 unspecified atom stereocenters. The van der Waals surface area contributed by atoms with Gasteiger partial charge in [0.1, 0.15) is 0 Å². The summed E-state index contributed by atoms with van der Waals surface area (Å²) in [7, 11) is 0. The number of anilines is 1. The Kier molecular flexibility index (Phi) is 4.28. The third-order valence-electron chi connectivity index (χ3n) is 4.36. The topological polar surface area (TPSA) is 44.4 Å². The van der Waals surface area contributed by atoms with Gasteiger partial charge in [0.2, 0.25) is 5.91 Å². The number of nitrogens with zero attached hydrogens (tertiary/aromatic N) is 1. The van der Waals surface area contributed by atoms with E-state index in [2.05, 4.69) is 38.1 Å². The Labute approximate surface area is 133 Å². The first kappa shape index (κ1) is 14.3. The molecule has 3 rings (SSSR count). The summed E-state index contributed by atoms with van der Waals surface area (Å²) in [6.45, 7) is 4.84. The van der Waals surface area contributed by atoms with E-state index in [0.717, 1.165) is 35.4 Å². The van der Waals surface area contributed by atoms with Crippen LogP contribution in [0.2, 0.25) is 0 Å². The molecule has 2 saturated heterocycles. The van der Waals surface area contributed by atoms with Crippen LogP contribution < -0.4 is 10.6 Å². The summed E-state index contributed by atoms with van der Waals surface area (Å²) in [6, 6.07) is 7.89. The summed E-state index contributed by atoms with van der Waals surface area (Å²) in [5, 5.41) is 6.46. The van der Waals surface area contributed by atoms with Gasteiger partial charge in [0.15, 0.2) is 0 Å². The highest BCUT2D eigenvalue weighted by Gasteiger charge is 2.40. The Morgan fingerprint density at radius 3 is 3.00 bits per heavy atom. The SMILES string of the molecule is O=C(CN1CCC2(CCNC2)C1)Nc1ccccc1I. The van der Waals surface area contributed by atoms with Crippen molar-refractivity contribution in [3.63, 3.8) is 0 Å². The van der Waals surface area contributed by atoms with Gasteiger partial charge >= 0.3 is 0 Å². The summed E-state index contributed by atoms with van der Waals surface area (Å²) in [6.07, 6.45) is 2.47. The fraction of sp³-hybridized carbons (Fsp3) is 0.533. The minimum Gasteiger partial charge on any atom is -0.324 e. The van der Waals surface area contributed by atoms with Crippen LogP contribution in [0.15, 0.2) is 24.3 Å². The van der Waals surface area contributed by atoms with E-state index in [1.54, 1.807) is 0 Å². The molecule has 1 aromatic carbocycles. The molecule has 108 valence electrons. The zero-order valence-electron chi connectivity index (χ0n) is 11.5. The molecule has 2 aliphatic heterocycles. The monoisotopic (exact) mass is 385 g/mol. The van der Waals surface area contributed by atoms with E-state index in [4.69, 9.17) is 0 Å². The van der Waals surface area contributed by atoms with Crippen molar-refractivity contribution in [3.05, 3.63) is 27.8 Å². The first-order chi connectivity index (χ1) is 9.67. The quantitative estimate of drug-likeness (QED) is 0.782. The average Bonchev–Trinajstić information content (AvgIpc) is 3.03. The van der Waals surface area contributed by atoms with E-state index in [1.807, 2.05) is 24.3 Å². The van der Waals surface area contributed by atoms with Gasteiger partial charge in [-0.1, -0.05) is 12.1 Å². The number of hydrogen-bond acceptors (Lipinski definition) is 3. The molecule has 2 fully saturated rings. The highest BCUT2D eigenvalue weighted by Crippen LogP contribution is 2.35. The van der Waals surface area contributed by atoms with Gasteiger partial charge in [0.25, 0.3) is 0 Å². The van der Waals surface area contributed by atoms with E-state index in [9.17, 15) is 4.79 Å². The van der Waals surface area contributed by atoms with Crippen molar-refractivity contribution < 1.29 is 4.79 Å². The fourth-order valence-corrected chi connectivity index (χ4v) is 3.78. The maximum atomic E-state index is 12.2. The Hall–Kier alpha value is -0.660. The predicted molar refractivity (Wildman–Crippen MR) is 88.8 cm³/mol. The number of para-hydroxylation sites is 1. The van der Waals surface area contributed by atoms with Crippen LogP contribution in [0.25, 0.3) is 0 Å². The molecule has 1 aromatic rings. The minimum atomic E-state index is 0.0946. The number of hydrogen-bond donors (Lipinski definition) is 2. The second-order valence-electron chi connectivity index (χ2n) is 5.92. The van der Waals surface area contributed by atoms with Gasteiger partial charge in [-0.2, -0.15) is 0 Å². The molecule has 0 aliphatic carbocycles. The van der Waals surface area contributed by atoms with Crippen molar-refractivity contribution in [1.82, 2.24) is 10.2 Å². The largest absolute Gasteiger partial charge is 0.324 e. The molecule has 0 radical (unpaired) electrons. The molecule has 1 spiro atoms. The van der Waals surface area contributed by atoms with E-state index >= 15 is 0 Å². The van der Waals surface area contributed by atoms with Crippen LogP contribution >= 0.6 is 22.6 Å². The normalized spacial score (nSPS) is 26.2. The highest BCUT2D eigenvalue weighted by atomic mass is 127. The molecule has 1 amide bonds. The maximum absolute atomic E-state index is 12.2. The van der Waals surface area contributed by atoms with Crippen LogP contribution in [0.5, 0.6) is 0 Å². The zero-order valence-corrected chi connectivity index (χ0v) is 13.7. The number of carbonyl (C=O) groups is 1. The minimum absolute atomic E-state index is 0.0946. The van der Waals surface area contributed by atoms with Crippen molar-refractivity contribution in [2.45, 2.75) is 12.8 Å². The van der Waals surface area contributed by atoms with Crippen molar-refractivity contribution in [2.75, 3.05) is 38.0 Å². The standard InChI is InChI=1S/C15H20IN3O/c16-12-3-1-2-4-13(12)18-14(20)9-19-8-6-15(11-19)5-7-17-10-15/h1-4,17H,5-11H2,(H,18,20). The number of halogens is 1. The molecule has 2 N–H and O–H groups in total. The second-order valence-corrected chi connectivity index (χ2v) is 7.08. The van der Waals surface area contributed by atoms with Gasteiger partial charge in [-0.3, -0.25) is 9.69 Å². The fourth-order valence-electron chi connectivity index (χ4n) is 3.26. The molecule has 4 nitrogen and oxygen atoms in total. The molecule has 5 heteroatoms. The molecule has 2 heterocycles. The van der Waals surface area contributed by atoms with Gasteiger partial charge in [0, 0.05) is 16.7 Å². The van der Waals surface area contributed by atoms with Crippen molar-refractivity contribution >= 4 is 34.2 Å². The zero-order chi connectivity index (χ0) is 14.0. The van der Waals surface area contributed by atoms with E-state index in [0.29, 0.717) is 12.0 Å². The van der Waals surface area contributed by atoms with Gasteiger partial charge in [-0.25, -0.2) is 0 Å². The molecular formula is C15H20IN3O. The van der Waals surface area contributed by atoms with Gasteiger partial charge in [0.05, 0.1) is 12.2 Å². The number of likely N-dealkylation sites (tertiary alicyclic amines) is 1. The van der Waals surface area contributed by atoms with Crippen molar-refractivity contribution in [2.24, 2.45) is 5.41 Å². The van der Waals surface area contributed by atoms with E-state index in [-0.39, 0.29) is 5.91 Å². The lowest BCUT2D eigenvalue weighted by atomic mass is 9.87. The van der Waals surface area contributed by atoms with Crippen LogP contribution in [0.4, 0.5) is 5.69 Å². The first-order valence-corrected chi connectivity index (χ1v) is 8.22. The lowest BCUT2D eigenvalue weighted by Gasteiger charge is -2.22. The summed E-state index contributed by atoms with van der Waals surface area (Å²) in [4.78, 5) is 14.4. The Morgan fingerprint density at radius 1 is 1.40 bits per heavy atom. The molecule has 2 aliphatic rings. The van der Waals surface area contributed by atoms with Crippen molar-refractivity contribution in [1.29, 1.82) is 0 Å². The third-order valence-corrected chi connectivity index (χ3v) is 5.31. The Morgan fingerprint density at radius 2 is 2.25 bits per heavy atom. The number of rotatable bonds is 3. The number of carbonyl (C=O) groups excluding carboxylic acids is 1. The lowest BCUT2D eigenvalue weighted by molar-refractivity contribution is -0.117. The average molecular weight is 385 g/mol. The third kappa shape index (κ3) is 3.15. The van der Waals surface area contributed by atoms with E-state index in [1.165, 1.54) is 12.8 Å². The van der Waals surface area contributed by atoms with Gasteiger partial charge in [-0.15, -0.1) is 0 Å². The molecule has 20 heavy (non-hydrogen) atoms. The van der Waals surface area contributed by atoms with Crippen LogP contribution in [0.3, 0.4) is 0 Å². The van der Waals surface area contributed by atoms with Crippen LogP contribution in [0, 0.1) is 8.99 Å². The van der Waals surface area contributed by atoms with Crippen LogP contribution in [0.1, 0.15) is 12.8 Å². The summed E-state index contributed by atoms with van der Waals surface area (Å²) in [5.41, 5.74) is 1.34. The summed E-state index contributed by atoms with van der Waals surface area (Å²) in [5.74, 6) is 0.0946. The highest BCUT2D eigenvalue weighted by molar-refractivity contribution is 14.1. The summed E-state index contributed by atoms with van der Waals surface area (Å²) < 4.78 is 1.08. The van der Waals surface area contributed by atoms with Crippen LogP contribution in [-0.2, 0) is 4.79 Å². The molecule has 1 atom stereocenters. The molecule has 0 bridgehead atoms. The molecule has 0 aromatic heterocycles. The van der Waals surface area contributed by atoms with Gasteiger partial charge < -0.3 is 10.6 Å². The van der Waals surface area contributed by atoms with Gasteiger partial charge in [-0.05, 0) is 66.1 Å². The van der Waals surface area contributed by atoms with E-state index < -0.39 is 0 Å². The summed E-state index contributed by atoms with van der Waals surface area (Å²) >= 11 is 2.25. The smallest absolute Gasteiger partial charge is 0.238 e. The Bertz CT molecular complexity index is 500. The Balaban J connectivity index is 1.54. The predicted octanol–water partition coefficient (Wildman–Crippen LogP) is 1.92. The first-order valence-electron chi connectivity index (χ1n) is 7.14. The maximum Gasteiger partial charge on any atom is 0.238 e.